The van der Waals surface area contributed by atoms with Crippen molar-refractivity contribution in [3.63, 3.8) is 0 Å². The largest absolute Gasteiger partial charge is 0.379 e. The van der Waals surface area contributed by atoms with Gasteiger partial charge in [0, 0.05) is 12.6 Å². The summed E-state index contributed by atoms with van der Waals surface area (Å²) in [5.74, 6) is -1.24. The summed E-state index contributed by atoms with van der Waals surface area (Å²) in [4.78, 5) is 0. The number of anilines is 1. The first kappa shape index (κ1) is 13.5. The second-order valence-electron chi connectivity index (χ2n) is 4.52. The maximum atomic E-state index is 13.6. The van der Waals surface area contributed by atoms with Gasteiger partial charge in [-0.25, -0.2) is 13.2 Å². The molecule has 100 valence electrons. The molecule has 0 fully saturated rings. The molecule has 0 saturated carbocycles. The van der Waals surface area contributed by atoms with Crippen LogP contribution in [0.25, 0.3) is 0 Å². The fraction of sp³-hybridized carbons (Fsp3) is 0.200. The lowest BCUT2D eigenvalue weighted by Crippen LogP contribution is -2.03. The van der Waals surface area contributed by atoms with E-state index in [9.17, 15) is 13.2 Å². The molecule has 0 bridgehead atoms. The fourth-order valence-corrected chi connectivity index (χ4v) is 1.80. The van der Waals surface area contributed by atoms with Crippen LogP contribution in [0.15, 0.2) is 30.3 Å². The SMILES string of the molecule is Cc1cc(CNc2cc(F)c(C)cc2F)ccc1F. The third-order valence-electron chi connectivity index (χ3n) is 2.95. The molecule has 1 N–H and O–H groups in total. The van der Waals surface area contributed by atoms with Crippen LogP contribution in [0.1, 0.15) is 16.7 Å². The maximum Gasteiger partial charge on any atom is 0.146 e. The van der Waals surface area contributed by atoms with Gasteiger partial charge in [-0.05, 0) is 42.7 Å². The molecule has 0 heterocycles. The molecule has 2 rings (SSSR count). The van der Waals surface area contributed by atoms with Gasteiger partial charge in [0.15, 0.2) is 0 Å². The molecule has 0 saturated heterocycles. The lowest BCUT2D eigenvalue weighted by Gasteiger charge is -2.10. The average molecular weight is 265 g/mol. The molecule has 0 aliphatic carbocycles. The standard InChI is InChI=1S/C15H14F3N/c1-9-5-11(3-4-12(9)16)8-19-15-7-13(17)10(2)6-14(15)18/h3-7,19H,8H2,1-2H3. The molecule has 4 heteroatoms. The van der Waals surface area contributed by atoms with E-state index in [1.807, 2.05) is 0 Å². The van der Waals surface area contributed by atoms with Gasteiger partial charge >= 0.3 is 0 Å². The minimum absolute atomic E-state index is 0.102. The smallest absolute Gasteiger partial charge is 0.146 e. The van der Waals surface area contributed by atoms with E-state index < -0.39 is 11.6 Å². The van der Waals surface area contributed by atoms with Gasteiger partial charge in [0.1, 0.15) is 17.5 Å². The lowest BCUT2D eigenvalue weighted by molar-refractivity contribution is 0.594. The number of hydrogen-bond donors (Lipinski definition) is 1. The molecule has 0 amide bonds. The summed E-state index contributed by atoms with van der Waals surface area (Å²) in [7, 11) is 0. The second-order valence-corrected chi connectivity index (χ2v) is 4.52. The van der Waals surface area contributed by atoms with E-state index in [0.717, 1.165) is 17.7 Å². The third-order valence-corrected chi connectivity index (χ3v) is 2.95. The van der Waals surface area contributed by atoms with Gasteiger partial charge in [-0.15, -0.1) is 0 Å². The molecule has 19 heavy (non-hydrogen) atoms. The van der Waals surface area contributed by atoms with Crippen molar-refractivity contribution in [2.24, 2.45) is 0 Å². The van der Waals surface area contributed by atoms with Crippen LogP contribution in [0.3, 0.4) is 0 Å². The Balaban J connectivity index is 2.14. The van der Waals surface area contributed by atoms with Crippen molar-refractivity contribution < 1.29 is 13.2 Å². The molecular weight excluding hydrogens is 251 g/mol. The van der Waals surface area contributed by atoms with E-state index in [2.05, 4.69) is 5.32 Å². The highest BCUT2D eigenvalue weighted by Crippen LogP contribution is 2.20. The van der Waals surface area contributed by atoms with Crippen molar-refractivity contribution in [3.05, 3.63) is 64.5 Å². The third kappa shape index (κ3) is 3.08. The summed E-state index contributed by atoms with van der Waals surface area (Å²) in [5, 5.41) is 2.81. The Morgan fingerprint density at radius 1 is 0.842 bits per heavy atom. The van der Waals surface area contributed by atoms with Crippen LogP contribution in [0.2, 0.25) is 0 Å². The van der Waals surface area contributed by atoms with Crippen molar-refractivity contribution >= 4 is 5.69 Å². The van der Waals surface area contributed by atoms with E-state index in [1.165, 1.54) is 13.0 Å². The van der Waals surface area contributed by atoms with Crippen LogP contribution in [-0.4, -0.2) is 0 Å². The first-order valence-electron chi connectivity index (χ1n) is 5.92. The molecular formula is C15H14F3N. The van der Waals surface area contributed by atoms with Crippen LogP contribution < -0.4 is 5.32 Å². The Morgan fingerprint density at radius 2 is 1.53 bits per heavy atom. The predicted molar refractivity (Wildman–Crippen MR) is 69.6 cm³/mol. The minimum Gasteiger partial charge on any atom is -0.379 e. The highest BCUT2D eigenvalue weighted by atomic mass is 19.1. The normalized spacial score (nSPS) is 10.6. The monoisotopic (exact) mass is 265 g/mol. The molecule has 0 unspecified atom stereocenters. The summed E-state index contributed by atoms with van der Waals surface area (Å²) in [6, 6.07) is 6.91. The lowest BCUT2D eigenvalue weighted by atomic mass is 10.1. The minimum atomic E-state index is -0.502. The highest BCUT2D eigenvalue weighted by molar-refractivity contribution is 5.47. The second kappa shape index (κ2) is 5.34. The zero-order chi connectivity index (χ0) is 14.0. The highest BCUT2D eigenvalue weighted by Gasteiger charge is 2.07. The molecule has 0 aliphatic heterocycles. The van der Waals surface area contributed by atoms with E-state index in [-0.39, 0.29) is 17.1 Å². The Labute approximate surface area is 110 Å². The summed E-state index contributed by atoms with van der Waals surface area (Å²) in [6.45, 7) is 3.47. The van der Waals surface area contributed by atoms with Crippen molar-refractivity contribution in [3.8, 4) is 0 Å². The number of halogens is 3. The predicted octanol–water partition coefficient (Wildman–Crippen LogP) is 4.33. The molecule has 2 aromatic rings. The fourth-order valence-electron chi connectivity index (χ4n) is 1.80. The quantitative estimate of drug-likeness (QED) is 0.870. The topological polar surface area (TPSA) is 12.0 Å². The van der Waals surface area contributed by atoms with E-state index in [1.54, 1.807) is 19.1 Å². The van der Waals surface area contributed by atoms with Gasteiger partial charge in [-0.1, -0.05) is 12.1 Å². The summed E-state index contributed by atoms with van der Waals surface area (Å²) >= 11 is 0. The number of aryl methyl sites for hydroxylation is 2. The zero-order valence-corrected chi connectivity index (χ0v) is 10.7. The van der Waals surface area contributed by atoms with E-state index >= 15 is 0 Å². The Morgan fingerprint density at radius 3 is 2.21 bits per heavy atom. The maximum absolute atomic E-state index is 13.6. The average Bonchev–Trinajstić information content (AvgIpc) is 2.36. The zero-order valence-electron chi connectivity index (χ0n) is 10.7. The van der Waals surface area contributed by atoms with Crippen molar-refractivity contribution in [2.75, 3.05) is 5.32 Å². The molecule has 2 aromatic carbocycles. The Bertz CT molecular complexity index is 609. The van der Waals surface area contributed by atoms with Gasteiger partial charge in [0.25, 0.3) is 0 Å². The molecule has 0 aliphatic rings. The van der Waals surface area contributed by atoms with Gasteiger partial charge in [-0.3, -0.25) is 0 Å². The summed E-state index contributed by atoms with van der Waals surface area (Å²) in [6.07, 6.45) is 0. The molecule has 0 atom stereocenters. The van der Waals surface area contributed by atoms with Crippen LogP contribution in [-0.2, 0) is 6.54 Å². The molecule has 1 nitrogen and oxygen atoms in total. The molecule has 0 radical (unpaired) electrons. The summed E-state index contributed by atoms with van der Waals surface area (Å²) in [5.41, 5.74) is 1.69. The van der Waals surface area contributed by atoms with Crippen molar-refractivity contribution in [2.45, 2.75) is 20.4 Å². The van der Waals surface area contributed by atoms with Gasteiger partial charge in [-0.2, -0.15) is 0 Å². The van der Waals surface area contributed by atoms with Crippen LogP contribution in [0.4, 0.5) is 18.9 Å². The van der Waals surface area contributed by atoms with E-state index in [4.69, 9.17) is 0 Å². The van der Waals surface area contributed by atoms with Crippen molar-refractivity contribution in [1.82, 2.24) is 0 Å². The van der Waals surface area contributed by atoms with Gasteiger partial charge in [0.2, 0.25) is 0 Å². The molecule has 0 spiro atoms. The van der Waals surface area contributed by atoms with Crippen LogP contribution >= 0.6 is 0 Å². The first-order valence-corrected chi connectivity index (χ1v) is 5.92. The first-order chi connectivity index (χ1) is 8.97. The van der Waals surface area contributed by atoms with Gasteiger partial charge in [0.05, 0.1) is 5.69 Å². The summed E-state index contributed by atoms with van der Waals surface area (Å²) < 4.78 is 40.0. The van der Waals surface area contributed by atoms with Crippen molar-refractivity contribution in [1.29, 1.82) is 0 Å². The van der Waals surface area contributed by atoms with Crippen LogP contribution in [0, 0.1) is 31.3 Å². The number of nitrogens with one attached hydrogen (secondary N) is 1. The Kier molecular flexibility index (Phi) is 3.79. The van der Waals surface area contributed by atoms with E-state index in [0.29, 0.717) is 12.1 Å². The number of benzene rings is 2. The number of rotatable bonds is 3. The molecule has 0 aromatic heterocycles. The number of hydrogen-bond acceptors (Lipinski definition) is 1. The van der Waals surface area contributed by atoms with Gasteiger partial charge < -0.3 is 5.32 Å². The Hall–Kier alpha value is -1.97. The van der Waals surface area contributed by atoms with Crippen LogP contribution in [0.5, 0.6) is 0 Å².